The maximum absolute atomic E-state index is 12.7. The highest BCUT2D eigenvalue weighted by Gasteiger charge is 2.31. The molecule has 1 aliphatic heterocycles. The van der Waals surface area contributed by atoms with Gasteiger partial charge in [0.1, 0.15) is 12.5 Å². The molecule has 11 heteroatoms. The Morgan fingerprint density at radius 1 is 1.06 bits per heavy atom. The Kier molecular flexibility index (Phi) is 8.36. The Morgan fingerprint density at radius 3 is 2.50 bits per heavy atom. The van der Waals surface area contributed by atoms with Crippen molar-refractivity contribution < 1.29 is 37.0 Å². The summed E-state index contributed by atoms with van der Waals surface area (Å²) in [5, 5.41) is 2.67. The summed E-state index contributed by atoms with van der Waals surface area (Å²) in [7, 11) is 1.30. The summed E-state index contributed by atoms with van der Waals surface area (Å²) >= 11 is 0. The fourth-order valence-electron chi connectivity index (χ4n) is 3.25. The molecule has 2 aromatic carbocycles. The maximum atomic E-state index is 12.7. The topological polar surface area (TPSA) is 80.3 Å². The molecule has 34 heavy (non-hydrogen) atoms. The van der Waals surface area contributed by atoms with E-state index in [4.69, 9.17) is 4.74 Å². The number of methoxy groups -OCH3 is 1. The largest absolute Gasteiger partial charge is 0.573 e. The first-order chi connectivity index (χ1) is 16.2. The molecule has 3 rings (SSSR count). The van der Waals surface area contributed by atoms with Crippen molar-refractivity contribution in [1.82, 2.24) is 4.90 Å². The standard InChI is InChI=1S/C23H24F3N3O5/c1-32-21(30)11-6-17-4-2-3-5-20(17)29-13-12-28(14-15-33-16-29)22(31)27-18-7-9-19(10-8-18)34-23(24,25)26/h2-11H,12-16H2,1H3,(H,27,31)/b11-6+. The smallest absolute Gasteiger partial charge is 0.466 e. The number of hydrogen-bond donors (Lipinski definition) is 1. The fraction of sp³-hybridized carbons (Fsp3) is 0.304. The van der Waals surface area contributed by atoms with E-state index in [0.717, 1.165) is 23.4 Å². The molecule has 1 aliphatic rings. The number of benzene rings is 2. The Hall–Kier alpha value is -3.73. The molecule has 1 saturated heterocycles. The van der Waals surface area contributed by atoms with Crippen molar-refractivity contribution in [1.29, 1.82) is 0 Å². The predicted octanol–water partition coefficient (Wildman–Crippen LogP) is 4.10. The minimum Gasteiger partial charge on any atom is -0.466 e. The molecule has 1 N–H and O–H groups in total. The van der Waals surface area contributed by atoms with Crippen molar-refractivity contribution >= 4 is 29.5 Å². The zero-order valence-electron chi connectivity index (χ0n) is 18.4. The van der Waals surface area contributed by atoms with Crippen molar-refractivity contribution in [2.45, 2.75) is 6.36 Å². The van der Waals surface area contributed by atoms with E-state index in [2.05, 4.69) is 14.8 Å². The summed E-state index contributed by atoms with van der Waals surface area (Å²) in [4.78, 5) is 27.7. The van der Waals surface area contributed by atoms with Crippen molar-refractivity contribution in [3.63, 3.8) is 0 Å². The van der Waals surface area contributed by atoms with Crippen LogP contribution in [-0.2, 0) is 14.3 Å². The van der Waals surface area contributed by atoms with Gasteiger partial charge in [-0.15, -0.1) is 13.2 Å². The number of anilines is 2. The predicted molar refractivity (Wildman–Crippen MR) is 119 cm³/mol. The number of esters is 1. The SMILES string of the molecule is COC(=O)/C=C/c1ccccc1N1CCN(C(=O)Nc2ccc(OC(F)(F)F)cc2)CCOC1. The van der Waals surface area contributed by atoms with E-state index >= 15 is 0 Å². The summed E-state index contributed by atoms with van der Waals surface area (Å²) < 4.78 is 51.1. The van der Waals surface area contributed by atoms with Crippen LogP contribution in [0.15, 0.2) is 54.6 Å². The number of carbonyl (C=O) groups is 2. The number of ether oxygens (including phenoxy) is 3. The summed E-state index contributed by atoms with van der Waals surface area (Å²) in [5.74, 6) is -0.847. The fourth-order valence-corrected chi connectivity index (χ4v) is 3.25. The lowest BCUT2D eigenvalue weighted by atomic mass is 10.1. The van der Waals surface area contributed by atoms with Gasteiger partial charge in [0.25, 0.3) is 0 Å². The molecule has 0 radical (unpaired) electrons. The minimum absolute atomic E-state index is 0.294. The number of alkyl halides is 3. The number of nitrogens with zero attached hydrogens (tertiary/aromatic N) is 2. The normalized spacial score (nSPS) is 14.9. The van der Waals surface area contributed by atoms with Crippen LogP contribution >= 0.6 is 0 Å². The van der Waals surface area contributed by atoms with E-state index in [1.807, 2.05) is 29.2 Å². The summed E-state index contributed by atoms with van der Waals surface area (Å²) in [6.07, 6.45) is -1.81. The van der Waals surface area contributed by atoms with Crippen LogP contribution in [0.1, 0.15) is 5.56 Å². The Labute approximate surface area is 194 Å². The molecule has 1 fully saturated rings. The summed E-state index contributed by atoms with van der Waals surface area (Å²) in [6, 6.07) is 11.9. The first kappa shape index (κ1) is 24.9. The monoisotopic (exact) mass is 479 g/mol. The van der Waals surface area contributed by atoms with Gasteiger partial charge < -0.3 is 29.3 Å². The molecule has 0 spiro atoms. The van der Waals surface area contributed by atoms with Gasteiger partial charge in [0.2, 0.25) is 0 Å². The van der Waals surface area contributed by atoms with Gasteiger partial charge in [0.15, 0.2) is 0 Å². The van der Waals surface area contributed by atoms with Crippen LogP contribution in [0.3, 0.4) is 0 Å². The van der Waals surface area contributed by atoms with Crippen molar-refractivity contribution in [2.24, 2.45) is 0 Å². The molecule has 0 aromatic heterocycles. The minimum atomic E-state index is -4.78. The molecule has 0 saturated carbocycles. The molecule has 0 atom stereocenters. The second-order valence-corrected chi connectivity index (χ2v) is 7.21. The first-order valence-electron chi connectivity index (χ1n) is 10.3. The van der Waals surface area contributed by atoms with Gasteiger partial charge >= 0.3 is 18.4 Å². The third-order valence-corrected chi connectivity index (χ3v) is 4.90. The average molecular weight is 479 g/mol. The molecule has 2 aromatic rings. The number of carbonyl (C=O) groups excluding carboxylic acids is 2. The van der Waals surface area contributed by atoms with Crippen LogP contribution in [-0.4, -0.2) is 63.3 Å². The molecule has 8 nitrogen and oxygen atoms in total. The van der Waals surface area contributed by atoms with Crippen LogP contribution < -0.4 is 15.0 Å². The van der Waals surface area contributed by atoms with Gasteiger partial charge in [0.05, 0.1) is 13.7 Å². The van der Waals surface area contributed by atoms with Crippen molar-refractivity contribution in [2.75, 3.05) is 50.3 Å². The summed E-state index contributed by atoms with van der Waals surface area (Å²) in [5.41, 5.74) is 1.94. The average Bonchev–Trinajstić information content (AvgIpc) is 2.78. The van der Waals surface area contributed by atoms with E-state index in [9.17, 15) is 22.8 Å². The van der Waals surface area contributed by atoms with Gasteiger partial charge in [-0.25, -0.2) is 9.59 Å². The zero-order chi connectivity index (χ0) is 24.6. The van der Waals surface area contributed by atoms with E-state index in [-0.39, 0.29) is 5.75 Å². The third-order valence-electron chi connectivity index (χ3n) is 4.90. The van der Waals surface area contributed by atoms with Crippen LogP contribution in [0.4, 0.5) is 29.3 Å². The van der Waals surface area contributed by atoms with Gasteiger partial charge in [0, 0.05) is 37.1 Å². The quantitative estimate of drug-likeness (QED) is 0.514. The highest BCUT2D eigenvalue weighted by molar-refractivity contribution is 5.89. The lowest BCUT2D eigenvalue weighted by Gasteiger charge is -2.33. The third kappa shape index (κ3) is 7.41. The molecule has 0 aliphatic carbocycles. The molecule has 182 valence electrons. The lowest BCUT2D eigenvalue weighted by molar-refractivity contribution is -0.274. The van der Waals surface area contributed by atoms with E-state index in [1.54, 1.807) is 11.0 Å². The zero-order valence-corrected chi connectivity index (χ0v) is 18.4. The van der Waals surface area contributed by atoms with Crippen molar-refractivity contribution in [3.05, 3.63) is 60.2 Å². The Bertz CT molecular complexity index is 1010. The van der Waals surface area contributed by atoms with Gasteiger partial charge in [-0.3, -0.25) is 0 Å². The highest BCUT2D eigenvalue weighted by atomic mass is 19.4. The van der Waals surface area contributed by atoms with Crippen molar-refractivity contribution in [3.8, 4) is 5.75 Å². The second-order valence-electron chi connectivity index (χ2n) is 7.21. The molecule has 1 heterocycles. The number of nitrogens with one attached hydrogen (secondary N) is 1. The van der Waals surface area contributed by atoms with Crippen LogP contribution in [0.2, 0.25) is 0 Å². The van der Waals surface area contributed by atoms with Crippen LogP contribution in [0, 0.1) is 0 Å². The number of hydrogen-bond acceptors (Lipinski definition) is 6. The second kappa shape index (κ2) is 11.4. The Morgan fingerprint density at radius 2 is 1.79 bits per heavy atom. The van der Waals surface area contributed by atoms with Crippen LogP contribution in [0.25, 0.3) is 6.08 Å². The molecule has 2 amide bonds. The summed E-state index contributed by atoms with van der Waals surface area (Å²) in [6.45, 7) is 1.77. The Balaban J connectivity index is 1.64. The lowest BCUT2D eigenvalue weighted by Crippen LogP contribution is -2.45. The van der Waals surface area contributed by atoms with Gasteiger partial charge in [-0.2, -0.15) is 0 Å². The highest BCUT2D eigenvalue weighted by Crippen LogP contribution is 2.25. The van der Waals surface area contributed by atoms with E-state index in [0.29, 0.717) is 38.7 Å². The van der Waals surface area contributed by atoms with Crippen LogP contribution in [0.5, 0.6) is 5.75 Å². The number of halogens is 3. The maximum Gasteiger partial charge on any atom is 0.573 e. The number of amides is 2. The van der Waals surface area contributed by atoms with Gasteiger partial charge in [-0.05, 0) is 42.0 Å². The molecule has 0 bridgehead atoms. The first-order valence-corrected chi connectivity index (χ1v) is 10.3. The number of para-hydroxylation sites is 1. The molecular weight excluding hydrogens is 455 g/mol. The van der Waals surface area contributed by atoms with Gasteiger partial charge in [-0.1, -0.05) is 18.2 Å². The number of rotatable bonds is 5. The molecular formula is C23H24F3N3O5. The van der Waals surface area contributed by atoms with E-state index < -0.39 is 18.4 Å². The van der Waals surface area contributed by atoms with E-state index in [1.165, 1.54) is 25.3 Å². The molecule has 0 unspecified atom stereocenters. The number of urea groups is 1.